The van der Waals surface area contributed by atoms with Gasteiger partial charge in [-0.2, -0.15) is 0 Å². The van der Waals surface area contributed by atoms with E-state index in [4.69, 9.17) is 11.5 Å². The lowest BCUT2D eigenvalue weighted by Gasteiger charge is -2.49. The minimum Gasteiger partial charge on any atom is -0.383 e. The summed E-state index contributed by atoms with van der Waals surface area (Å²) in [6, 6.07) is 4.06. The molecular formula is C16H28N4. The van der Waals surface area contributed by atoms with Crippen LogP contribution < -0.4 is 11.5 Å². The Bertz CT molecular complexity index is 446. The quantitative estimate of drug-likeness (QED) is 0.883. The van der Waals surface area contributed by atoms with E-state index in [1.54, 1.807) is 6.20 Å². The fourth-order valence-electron chi connectivity index (χ4n) is 3.69. The first-order valence-electron chi connectivity index (χ1n) is 7.58. The lowest BCUT2D eigenvalue weighted by Crippen LogP contribution is -2.60. The summed E-state index contributed by atoms with van der Waals surface area (Å²) in [7, 11) is 4.31. The van der Waals surface area contributed by atoms with E-state index in [1.165, 1.54) is 25.7 Å². The number of pyridine rings is 1. The first-order chi connectivity index (χ1) is 9.45. The molecule has 1 aromatic rings. The molecule has 1 fully saturated rings. The van der Waals surface area contributed by atoms with Gasteiger partial charge in [0.2, 0.25) is 0 Å². The summed E-state index contributed by atoms with van der Waals surface area (Å²) < 4.78 is 0. The van der Waals surface area contributed by atoms with Crippen molar-refractivity contribution >= 4 is 5.82 Å². The smallest absolute Gasteiger partial charge is 0.126 e. The molecular weight excluding hydrogens is 248 g/mol. The molecule has 4 heteroatoms. The molecule has 112 valence electrons. The van der Waals surface area contributed by atoms with Crippen LogP contribution in [0.5, 0.6) is 0 Å². The zero-order chi connectivity index (χ0) is 14.8. The Morgan fingerprint density at radius 2 is 2.25 bits per heavy atom. The molecule has 1 heterocycles. The minimum atomic E-state index is 0.0833. The van der Waals surface area contributed by atoms with E-state index in [0.717, 1.165) is 17.9 Å². The van der Waals surface area contributed by atoms with Gasteiger partial charge in [0, 0.05) is 17.8 Å². The van der Waals surface area contributed by atoms with E-state index >= 15 is 0 Å². The fourth-order valence-corrected chi connectivity index (χ4v) is 3.69. The van der Waals surface area contributed by atoms with Crippen LogP contribution in [0.4, 0.5) is 5.82 Å². The van der Waals surface area contributed by atoms with Gasteiger partial charge in [0.1, 0.15) is 5.82 Å². The highest BCUT2D eigenvalue weighted by Gasteiger charge is 2.42. The normalized spacial score (nSPS) is 28.6. The van der Waals surface area contributed by atoms with Gasteiger partial charge < -0.3 is 16.4 Å². The largest absolute Gasteiger partial charge is 0.383 e. The number of hydrogen-bond acceptors (Lipinski definition) is 4. The molecule has 2 rings (SSSR count). The Morgan fingerprint density at radius 1 is 1.50 bits per heavy atom. The number of likely N-dealkylation sites (N-methyl/N-ethyl adjacent to an activating group) is 1. The number of nitrogen functional groups attached to an aromatic ring is 1. The number of anilines is 1. The van der Waals surface area contributed by atoms with Gasteiger partial charge in [-0.15, -0.1) is 0 Å². The van der Waals surface area contributed by atoms with Crippen LogP contribution in [-0.4, -0.2) is 35.6 Å². The van der Waals surface area contributed by atoms with Crippen molar-refractivity contribution in [3.63, 3.8) is 0 Å². The molecule has 0 bridgehead atoms. The van der Waals surface area contributed by atoms with E-state index in [9.17, 15) is 0 Å². The molecule has 0 amide bonds. The third-order valence-corrected chi connectivity index (χ3v) is 4.96. The number of nitrogens with zero attached hydrogens (tertiary/aromatic N) is 2. The first kappa shape index (κ1) is 15.3. The lowest BCUT2D eigenvalue weighted by molar-refractivity contribution is 0.0504. The predicted octanol–water partition coefficient (Wildman–Crippen LogP) is 2.04. The second kappa shape index (κ2) is 6.10. The van der Waals surface area contributed by atoms with Crippen LogP contribution in [0.15, 0.2) is 18.3 Å². The number of nitrogens with two attached hydrogens (primary N) is 2. The fraction of sp³-hybridized carbons (Fsp3) is 0.688. The van der Waals surface area contributed by atoms with Gasteiger partial charge in [0.25, 0.3) is 0 Å². The highest BCUT2D eigenvalue weighted by molar-refractivity contribution is 5.39. The second-order valence-electron chi connectivity index (χ2n) is 6.56. The Kier molecular flexibility index (Phi) is 4.66. The maximum absolute atomic E-state index is 6.62. The topological polar surface area (TPSA) is 68.2 Å². The zero-order valence-electron chi connectivity index (χ0n) is 13.0. The van der Waals surface area contributed by atoms with E-state index in [1.807, 2.05) is 12.1 Å². The van der Waals surface area contributed by atoms with E-state index in [-0.39, 0.29) is 11.6 Å². The highest BCUT2D eigenvalue weighted by Crippen LogP contribution is 2.38. The van der Waals surface area contributed by atoms with Crippen LogP contribution >= 0.6 is 0 Å². The molecule has 0 radical (unpaired) electrons. The first-order valence-corrected chi connectivity index (χ1v) is 7.58. The standard InChI is InChI=1S/C16H28N4/c1-12-6-4-8-16(11-12,20(2)3)14(17)10-13-7-5-9-19-15(13)18/h5,7,9,12,14H,4,6,8,10-11,17H2,1-3H3,(H2,18,19). The van der Waals surface area contributed by atoms with Crippen molar-refractivity contribution < 1.29 is 0 Å². The van der Waals surface area contributed by atoms with Crippen molar-refractivity contribution in [1.82, 2.24) is 9.88 Å². The minimum absolute atomic E-state index is 0.0833. The van der Waals surface area contributed by atoms with Gasteiger partial charge in [-0.25, -0.2) is 4.98 Å². The molecule has 1 aromatic heterocycles. The molecule has 4 N–H and O–H groups in total. The third-order valence-electron chi connectivity index (χ3n) is 4.96. The van der Waals surface area contributed by atoms with Gasteiger partial charge in [0.15, 0.2) is 0 Å². The van der Waals surface area contributed by atoms with Crippen LogP contribution in [0.25, 0.3) is 0 Å². The molecule has 0 aliphatic heterocycles. The summed E-state index contributed by atoms with van der Waals surface area (Å²) in [5, 5.41) is 0. The molecule has 0 saturated heterocycles. The second-order valence-corrected chi connectivity index (χ2v) is 6.56. The Hall–Kier alpha value is -1.13. The van der Waals surface area contributed by atoms with E-state index in [0.29, 0.717) is 5.82 Å². The molecule has 3 unspecified atom stereocenters. The third kappa shape index (κ3) is 2.96. The van der Waals surface area contributed by atoms with Gasteiger partial charge in [0.05, 0.1) is 0 Å². The maximum Gasteiger partial charge on any atom is 0.126 e. The van der Waals surface area contributed by atoms with Crippen molar-refractivity contribution in [2.24, 2.45) is 11.7 Å². The van der Waals surface area contributed by atoms with E-state index < -0.39 is 0 Å². The van der Waals surface area contributed by atoms with E-state index in [2.05, 4.69) is 30.9 Å². The van der Waals surface area contributed by atoms with Gasteiger partial charge >= 0.3 is 0 Å². The molecule has 20 heavy (non-hydrogen) atoms. The summed E-state index contributed by atoms with van der Waals surface area (Å²) >= 11 is 0. The average molecular weight is 276 g/mol. The van der Waals surface area contributed by atoms with Gasteiger partial charge in [-0.1, -0.05) is 25.8 Å². The molecule has 1 aliphatic carbocycles. The molecule has 1 saturated carbocycles. The van der Waals surface area contributed by atoms with Crippen molar-refractivity contribution in [2.75, 3.05) is 19.8 Å². The molecule has 0 spiro atoms. The van der Waals surface area contributed by atoms with Gasteiger partial charge in [-0.3, -0.25) is 0 Å². The van der Waals surface area contributed by atoms with Crippen molar-refractivity contribution in [3.8, 4) is 0 Å². The van der Waals surface area contributed by atoms with Crippen molar-refractivity contribution in [1.29, 1.82) is 0 Å². The summed E-state index contributed by atoms with van der Waals surface area (Å²) in [5.74, 6) is 1.35. The highest BCUT2D eigenvalue weighted by atomic mass is 15.2. The van der Waals surface area contributed by atoms with Gasteiger partial charge in [-0.05, 0) is 50.9 Å². The Balaban J connectivity index is 2.19. The summed E-state index contributed by atoms with van der Waals surface area (Å²) in [5.41, 5.74) is 13.7. The van der Waals surface area contributed by atoms with Crippen LogP contribution in [0.3, 0.4) is 0 Å². The molecule has 3 atom stereocenters. The van der Waals surface area contributed by atoms with Crippen LogP contribution in [-0.2, 0) is 6.42 Å². The van der Waals surface area contributed by atoms with Crippen LogP contribution in [0, 0.1) is 5.92 Å². The summed E-state index contributed by atoms with van der Waals surface area (Å²) in [6.07, 6.45) is 7.44. The monoisotopic (exact) mass is 276 g/mol. The number of rotatable bonds is 4. The van der Waals surface area contributed by atoms with Crippen LogP contribution in [0.1, 0.15) is 38.2 Å². The summed E-state index contributed by atoms with van der Waals surface area (Å²) in [6.45, 7) is 2.34. The van der Waals surface area contributed by atoms with Crippen LogP contribution in [0.2, 0.25) is 0 Å². The maximum atomic E-state index is 6.62. The molecule has 1 aliphatic rings. The average Bonchev–Trinajstić information content (AvgIpc) is 2.41. The Labute approximate surface area is 122 Å². The number of hydrogen-bond donors (Lipinski definition) is 2. The number of aromatic nitrogens is 1. The predicted molar refractivity (Wildman–Crippen MR) is 84.4 cm³/mol. The van der Waals surface area contributed by atoms with Crippen molar-refractivity contribution in [3.05, 3.63) is 23.9 Å². The molecule has 0 aromatic carbocycles. The lowest BCUT2D eigenvalue weighted by atomic mass is 9.70. The Morgan fingerprint density at radius 3 is 2.85 bits per heavy atom. The molecule has 4 nitrogen and oxygen atoms in total. The SMILES string of the molecule is CC1CCCC(C(N)Cc2cccnc2N)(N(C)C)C1. The van der Waals surface area contributed by atoms with Crippen molar-refractivity contribution in [2.45, 2.75) is 50.6 Å². The summed E-state index contributed by atoms with van der Waals surface area (Å²) in [4.78, 5) is 6.50. The zero-order valence-corrected chi connectivity index (χ0v) is 13.0.